The van der Waals surface area contributed by atoms with E-state index in [4.69, 9.17) is 0 Å². The Bertz CT molecular complexity index is 627. The molecule has 2 heterocycles. The third kappa shape index (κ3) is 3.87. The lowest BCUT2D eigenvalue weighted by atomic mass is 10.3. The smallest absolute Gasteiger partial charge is 0.194 e. The molecule has 0 saturated heterocycles. The third-order valence-corrected chi connectivity index (χ3v) is 3.85. The molecule has 2 aromatic heterocycles. The zero-order valence-corrected chi connectivity index (χ0v) is 14.4. The molecule has 0 atom stereocenters. The Balaban J connectivity index is 1.97. The lowest BCUT2D eigenvalue weighted by Gasteiger charge is -2.22. The SMILES string of the molecule is CN=C(NCc1cn[nH]c1C)N(C)Cc1cc(Br)cn1C. The first-order valence-corrected chi connectivity index (χ1v) is 7.52. The fourth-order valence-corrected chi connectivity index (χ4v) is 2.73. The molecule has 2 N–H and O–H groups in total. The van der Waals surface area contributed by atoms with Gasteiger partial charge in [0.25, 0.3) is 0 Å². The van der Waals surface area contributed by atoms with E-state index < -0.39 is 0 Å². The quantitative estimate of drug-likeness (QED) is 0.653. The molecule has 0 aliphatic heterocycles. The average molecular weight is 353 g/mol. The maximum Gasteiger partial charge on any atom is 0.194 e. The van der Waals surface area contributed by atoms with Crippen LogP contribution in [0.15, 0.2) is 27.9 Å². The van der Waals surface area contributed by atoms with Gasteiger partial charge in [0.1, 0.15) is 0 Å². The number of nitrogens with one attached hydrogen (secondary N) is 2. The normalized spacial score (nSPS) is 11.8. The van der Waals surface area contributed by atoms with Gasteiger partial charge in [0, 0.05) is 55.3 Å². The molecule has 114 valence electrons. The van der Waals surface area contributed by atoms with Crippen molar-refractivity contribution in [3.8, 4) is 0 Å². The molecule has 0 aliphatic carbocycles. The van der Waals surface area contributed by atoms with Crippen LogP contribution in [0.4, 0.5) is 0 Å². The molecule has 0 radical (unpaired) electrons. The number of rotatable bonds is 4. The lowest BCUT2D eigenvalue weighted by molar-refractivity contribution is 0.461. The number of nitrogens with zero attached hydrogens (tertiary/aromatic N) is 4. The number of aliphatic imine (C=N–C) groups is 1. The molecule has 0 spiro atoms. The summed E-state index contributed by atoms with van der Waals surface area (Å²) in [7, 11) is 5.86. The number of hydrogen-bond donors (Lipinski definition) is 2. The van der Waals surface area contributed by atoms with Crippen LogP contribution in [0.5, 0.6) is 0 Å². The minimum Gasteiger partial charge on any atom is -0.352 e. The molecule has 21 heavy (non-hydrogen) atoms. The summed E-state index contributed by atoms with van der Waals surface area (Å²) in [5.74, 6) is 0.855. The Hall–Kier alpha value is -1.76. The van der Waals surface area contributed by atoms with Crippen molar-refractivity contribution in [1.29, 1.82) is 0 Å². The second-order valence-electron chi connectivity index (χ2n) is 5.04. The van der Waals surface area contributed by atoms with Crippen molar-refractivity contribution in [3.63, 3.8) is 0 Å². The summed E-state index contributed by atoms with van der Waals surface area (Å²) in [5.41, 5.74) is 3.44. The molecule has 0 bridgehead atoms. The van der Waals surface area contributed by atoms with Gasteiger partial charge in [-0.25, -0.2) is 0 Å². The van der Waals surface area contributed by atoms with Gasteiger partial charge in [-0.1, -0.05) is 0 Å². The molecule has 7 heteroatoms. The summed E-state index contributed by atoms with van der Waals surface area (Å²) >= 11 is 3.50. The molecule has 0 fully saturated rings. The number of aromatic amines is 1. The van der Waals surface area contributed by atoms with Crippen molar-refractivity contribution in [2.24, 2.45) is 12.0 Å². The molecule has 0 aliphatic rings. The maximum atomic E-state index is 4.33. The topological polar surface area (TPSA) is 61.2 Å². The van der Waals surface area contributed by atoms with Gasteiger partial charge in [0.05, 0.1) is 12.7 Å². The summed E-state index contributed by atoms with van der Waals surface area (Å²) in [5, 5.41) is 10.3. The zero-order chi connectivity index (χ0) is 15.4. The minimum atomic E-state index is 0.705. The first kappa shape index (κ1) is 15.6. The Kier molecular flexibility index (Phi) is 5.06. The van der Waals surface area contributed by atoms with Crippen LogP contribution in [0.2, 0.25) is 0 Å². The second-order valence-corrected chi connectivity index (χ2v) is 5.95. The number of guanidine groups is 1. The molecule has 2 rings (SSSR count). The highest BCUT2D eigenvalue weighted by molar-refractivity contribution is 9.10. The molecule has 0 saturated carbocycles. The zero-order valence-electron chi connectivity index (χ0n) is 12.8. The van der Waals surface area contributed by atoms with E-state index in [2.05, 4.69) is 52.0 Å². The first-order valence-electron chi connectivity index (χ1n) is 6.72. The van der Waals surface area contributed by atoms with E-state index in [1.165, 1.54) is 5.69 Å². The molecular formula is C14H21BrN6. The Morgan fingerprint density at radius 3 is 2.86 bits per heavy atom. The van der Waals surface area contributed by atoms with E-state index in [-0.39, 0.29) is 0 Å². The van der Waals surface area contributed by atoms with Crippen molar-refractivity contribution in [2.75, 3.05) is 14.1 Å². The first-order chi connectivity index (χ1) is 10.0. The maximum absolute atomic E-state index is 4.33. The van der Waals surface area contributed by atoms with Crippen LogP contribution in [-0.2, 0) is 20.1 Å². The van der Waals surface area contributed by atoms with Gasteiger partial charge in [0.15, 0.2) is 5.96 Å². The van der Waals surface area contributed by atoms with Gasteiger partial charge in [-0.2, -0.15) is 5.10 Å². The monoisotopic (exact) mass is 352 g/mol. The van der Waals surface area contributed by atoms with Gasteiger partial charge < -0.3 is 14.8 Å². The van der Waals surface area contributed by atoms with Crippen LogP contribution in [0.1, 0.15) is 17.0 Å². The third-order valence-electron chi connectivity index (χ3n) is 3.42. The second kappa shape index (κ2) is 6.80. The van der Waals surface area contributed by atoms with Crippen LogP contribution in [-0.4, -0.2) is 39.7 Å². The Labute approximate surface area is 133 Å². The fourth-order valence-electron chi connectivity index (χ4n) is 2.15. The van der Waals surface area contributed by atoms with E-state index >= 15 is 0 Å². The average Bonchev–Trinajstić information content (AvgIpc) is 2.97. The van der Waals surface area contributed by atoms with Crippen LogP contribution in [0.25, 0.3) is 0 Å². The number of halogens is 1. The summed E-state index contributed by atoms with van der Waals surface area (Å²) in [6.45, 7) is 3.50. The molecular weight excluding hydrogens is 332 g/mol. The van der Waals surface area contributed by atoms with E-state index in [0.29, 0.717) is 6.54 Å². The molecule has 6 nitrogen and oxygen atoms in total. The van der Waals surface area contributed by atoms with E-state index in [1.54, 1.807) is 7.05 Å². The molecule has 2 aromatic rings. The van der Waals surface area contributed by atoms with Crippen LogP contribution in [0, 0.1) is 6.92 Å². The van der Waals surface area contributed by atoms with Crippen molar-refractivity contribution in [3.05, 3.63) is 39.9 Å². The number of aryl methyl sites for hydroxylation is 2. The fraction of sp³-hybridized carbons (Fsp3) is 0.429. The van der Waals surface area contributed by atoms with Gasteiger partial charge >= 0.3 is 0 Å². The van der Waals surface area contributed by atoms with Crippen molar-refractivity contribution >= 4 is 21.9 Å². The van der Waals surface area contributed by atoms with Crippen LogP contribution < -0.4 is 5.32 Å². The summed E-state index contributed by atoms with van der Waals surface area (Å²) in [4.78, 5) is 6.42. The predicted molar refractivity (Wildman–Crippen MR) is 88.1 cm³/mol. The summed E-state index contributed by atoms with van der Waals surface area (Å²) < 4.78 is 3.19. The molecule has 0 unspecified atom stereocenters. The number of hydrogen-bond acceptors (Lipinski definition) is 2. The van der Waals surface area contributed by atoms with Crippen LogP contribution in [0.3, 0.4) is 0 Å². The van der Waals surface area contributed by atoms with Gasteiger partial charge in [-0.05, 0) is 28.9 Å². The van der Waals surface area contributed by atoms with Gasteiger partial charge in [-0.15, -0.1) is 0 Å². The van der Waals surface area contributed by atoms with E-state index in [0.717, 1.165) is 28.2 Å². The van der Waals surface area contributed by atoms with E-state index in [9.17, 15) is 0 Å². The molecule has 0 aromatic carbocycles. The van der Waals surface area contributed by atoms with Crippen molar-refractivity contribution in [1.82, 2.24) is 25.0 Å². The Morgan fingerprint density at radius 2 is 2.33 bits per heavy atom. The number of aromatic nitrogens is 3. The van der Waals surface area contributed by atoms with Crippen molar-refractivity contribution < 1.29 is 0 Å². The standard InChI is InChI=1S/C14H21BrN6/c1-10-11(7-18-19-10)6-17-14(16-2)21(4)9-13-5-12(15)8-20(13)3/h5,7-8H,6,9H2,1-4H3,(H,16,17)(H,18,19). The largest absolute Gasteiger partial charge is 0.352 e. The van der Waals surface area contributed by atoms with Crippen LogP contribution >= 0.6 is 15.9 Å². The van der Waals surface area contributed by atoms with Gasteiger partial charge in [0.2, 0.25) is 0 Å². The number of H-pyrrole nitrogens is 1. The summed E-state index contributed by atoms with van der Waals surface area (Å²) in [6.07, 6.45) is 3.89. The summed E-state index contributed by atoms with van der Waals surface area (Å²) in [6, 6.07) is 2.12. The highest BCUT2D eigenvalue weighted by Crippen LogP contribution is 2.15. The van der Waals surface area contributed by atoms with Gasteiger partial charge in [-0.3, -0.25) is 10.1 Å². The Morgan fingerprint density at radius 1 is 1.57 bits per heavy atom. The minimum absolute atomic E-state index is 0.705. The highest BCUT2D eigenvalue weighted by Gasteiger charge is 2.10. The van der Waals surface area contributed by atoms with Crippen molar-refractivity contribution in [2.45, 2.75) is 20.0 Å². The highest BCUT2D eigenvalue weighted by atomic mass is 79.9. The van der Waals surface area contributed by atoms with E-state index in [1.807, 2.05) is 33.4 Å². The lowest BCUT2D eigenvalue weighted by Crippen LogP contribution is -2.38. The molecule has 0 amide bonds. The predicted octanol–water partition coefficient (Wildman–Crippen LogP) is 2.03.